The van der Waals surface area contributed by atoms with Crippen LogP contribution in [0.4, 0.5) is 0 Å². The SMILES string of the molecule is COc1cc(OC)c(OC)cc1/C=N\NC(=O)Cc1cc(=O)[nH][nH]1. The maximum Gasteiger partial charge on any atom is 0.264 e. The minimum Gasteiger partial charge on any atom is -0.496 e. The lowest BCUT2D eigenvalue weighted by Crippen LogP contribution is -2.20. The highest BCUT2D eigenvalue weighted by Crippen LogP contribution is 2.33. The van der Waals surface area contributed by atoms with Crippen molar-refractivity contribution in [3.05, 3.63) is 39.8 Å². The Morgan fingerprint density at radius 3 is 2.33 bits per heavy atom. The van der Waals surface area contributed by atoms with Crippen LogP contribution in [0.25, 0.3) is 0 Å². The number of carbonyl (C=O) groups excluding carboxylic acids is 1. The largest absolute Gasteiger partial charge is 0.496 e. The van der Waals surface area contributed by atoms with E-state index in [1.165, 1.54) is 33.6 Å². The van der Waals surface area contributed by atoms with Crippen LogP contribution in [0.5, 0.6) is 17.2 Å². The summed E-state index contributed by atoms with van der Waals surface area (Å²) in [5.41, 5.74) is 3.15. The fraction of sp³-hybridized carbons (Fsp3) is 0.267. The molecule has 0 bridgehead atoms. The number of amides is 1. The van der Waals surface area contributed by atoms with Crippen molar-refractivity contribution in [2.24, 2.45) is 5.10 Å². The molecule has 0 unspecified atom stereocenters. The fourth-order valence-corrected chi connectivity index (χ4v) is 2.01. The minimum absolute atomic E-state index is 0.000845. The van der Waals surface area contributed by atoms with Crippen molar-refractivity contribution in [3.8, 4) is 17.2 Å². The number of nitrogens with zero attached hydrogens (tertiary/aromatic N) is 1. The Morgan fingerprint density at radius 1 is 1.08 bits per heavy atom. The van der Waals surface area contributed by atoms with Crippen molar-refractivity contribution in [1.29, 1.82) is 0 Å². The molecule has 1 heterocycles. The van der Waals surface area contributed by atoms with Crippen molar-refractivity contribution in [2.45, 2.75) is 6.42 Å². The summed E-state index contributed by atoms with van der Waals surface area (Å²) >= 11 is 0. The molecule has 0 aliphatic heterocycles. The van der Waals surface area contributed by atoms with Gasteiger partial charge in [-0.2, -0.15) is 5.10 Å². The Kier molecular flexibility index (Phi) is 5.61. The number of hydrogen-bond donors (Lipinski definition) is 3. The molecule has 0 radical (unpaired) electrons. The predicted octanol–water partition coefficient (Wildman–Crippen LogP) is 0.422. The molecule has 0 spiro atoms. The molecule has 1 aromatic heterocycles. The highest BCUT2D eigenvalue weighted by molar-refractivity contribution is 5.86. The van der Waals surface area contributed by atoms with Gasteiger partial charge in [-0.1, -0.05) is 0 Å². The lowest BCUT2D eigenvalue weighted by Gasteiger charge is -2.11. The van der Waals surface area contributed by atoms with Crippen molar-refractivity contribution in [2.75, 3.05) is 21.3 Å². The molecule has 2 rings (SSSR count). The van der Waals surface area contributed by atoms with E-state index in [0.717, 1.165) is 0 Å². The third-order valence-corrected chi connectivity index (χ3v) is 3.13. The van der Waals surface area contributed by atoms with Crippen LogP contribution in [0.15, 0.2) is 28.1 Å². The lowest BCUT2D eigenvalue weighted by atomic mass is 10.2. The molecule has 24 heavy (non-hydrogen) atoms. The summed E-state index contributed by atoms with van der Waals surface area (Å²) in [5, 5.41) is 8.82. The second kappa shape index (κ2) is 7.86. The van der Waals surface area contributed by atoms with Crippen LogP contribution in [-0.4, -0.2) is 43.6 Å². The average Bonchev–Trinajstić information content (AvgIpc) is 2.98. The summed E-state index contributed by atoms with van der Waals surface area (Å²) in [4.78, 5) is 22.7. The van der Waals surface area contributed by atoms with E-state index in [1.54, 1.807) is 12.1 Å². The van der Waals surface area contributed by atoms with E-state index < -0.39 is 0 Å². The first-order valence-corrected chi connectivity index (χ1v) is 6.96. The van der Waals surface area contributed by atoms with Crippen LogP contribution >= 0.6 is 0 Å². The molecule has 2 aromatic rings. The van der Waals surface area contributed by atoms with Gasteiger partial charge in [0.1, 0.15) is 5.75 Å². The number of ether oxygens (including phenoxy) is 3. The number of hydrogen-bond acceptors (Lipinski definition) is 6. The molecule has 9 heteroatoms. The number of aromatic amines is 2. The fourth-order valence-electron chi connectivity index (χ4n) is 2.01. The third-order valence-electron chi connectivity index (χ3n) is 3.13. The smallest absolute Gasteiger partial charge is 0.264 e. The van der Waals surface area contributed by atoms with Crippen molar-refractivity contribution < 1.29 is 19.0 Å². The number of carbonyl (C=O) groups is 1. The summed E-state index contributed by atoms with van der Waals surface area (Å²) in [6.45, 7) is 0. The Balaban J connectivity index is 2.07. The van der Waals surface area contributed by atoms with E-state index in [-0.39, 0.29) is 17.9 Å². The number of aromatic nitrogens is 2. The number of methoxy groups -OCH3 is 3. The van der Waals surface area contributed by atoms with Crippen molar-refractivity contribution in [1.82, 2.24) is 15.6 Å². The van der Waals surface area contributed by atoms with Gasteiger partial charge in [0.15, 0.2) is 11.5 Å². The molecule has 0 fully saturated rings. The number of nitrogens with one attached hydrogen (secondary N) is 3. The first-order chi connectivity index (χ1) is 11.6. The topological polar surface area (TPSA) is 118 Å². The molecule has 1 aromatic carbocycles. The van der Waals surface area contributed by atoms with Gasteiger partial charge in [0.05, 0.1) is 34.0 Å². The summed E-state index contributed by atoms with van der Waals surface area (Å²) in [5.74, 6) is 1.17. The molecule has 128 valence electrons. The molecule has 0 aliphatic carbocycles. The molecule has 0 atom stereocenters. The van der Waals surface area contributed by atoms with Gasteiger partial charge in [-0.3, -0.25) is 14.7 Å². The summed E-state index contributed by atoms with van der Waals surface area (Å²) < 4.78 is 15.7. The van der Waals surface area contributed by atoms with Gasteiger partial charge in [-0.25, -0.2) is 5.43 Å². The van der Waals surface area contributed by atoms with Gasteiger partial charge in [-0.05, 0) is 6.07 Å². The van der Waals surface area contributed by atoms with Crippen LogP contribution < -0.4 is 25.2 Å². The van der Waals surface area contributed by atoms with Crippen LogP contribution in [0.2, 0.25) is 0 Å². The standard InChI is InChI=1S/C15H18N4O5/c1-22-11-7-13(24-3)12(23-2)4-9(11)8-16-18-14(20)5-10-6-15(21)19-17-10/h4,6-8H,5H2,1-3H3,(H,18,20)(H2,17,19,21)/b16-8-. The maximum atomic E-state index is 11.8. The maximum absolute atomic E-state index is 11.8. The van der Waals surface area contributed by atoms with E-state index >= 15 is 0 Å². The molecule has 0 saturated carbocycles. The molecular formula is C15H18N4O5. The van der Waals surface area contributed by atoms with Gasteiger partial charge in [0.25, 0.3) is 5.56 Å². The predicted molar refractivity (Wildman–Crippen MR) is 87.0 cm³/mol. The van der Waals surface area contributed by atoms with Gasteiger partial charge in [0.2, 0.25) is 5.91 Å². The van der Waals surface area contributed by atoms with E-state index in [9.17, 15) is 9.59 Å². The van der Waals surface area contributed by atoms with E-state index in [0.29, 0.717) is 28.5 Å². The molecule has 3 N–H and O–H groups in total. The minimum atomic E-state index is -0.374. The van der Waals surface area contributed by atoms with Crippen LogP contribution in [0, 0.1) is 0 Å². The zero-order chi connectivity index (χ0) is 17.5. The first kappa shape index (κ1) is 17.1. The van der Waals surface area contributed by atoms with Gasteiger partial charge < -0.3 is 19.3 Å². The monoisotopic (exact) mass is 334 g/mol. The van der Waals surface area contributed by atoms with Crippen LogP contribution in [0.3, 0.4) is 0 Å². The summed E-state index contributed by atoms with van der Waals surface area (Å²) in [7, 11) is 4.56. The van der Waals surface area contributed by atoms with E-state index in [1.807, 2.05) is 0 Å². The zero-order valence-electron chi connectivity index (χ0n) is 13.5. The van der Waals surface area contributed by atoms with E-state index in [2.05, 4.69) is 20.7 Å². The molecular weight excluding hydrogens is 316 g/mol. The number of benzene rings is 1. The second-order valence-corrected chi connectivity index (χ2v) is 4.70. The van der Waals surface area contributed by atoms with Gasteiger partial charge >= 0.3 is 0 Å². The molecule has 0 aliphatic rings. The lowest BCUT2D eigenvalue weighted by molar-refractivity contribution is -0.120. The highest BCUT2D eigenvalue weighted by Gasteiger charge is 2.10. The first-order valence-electron chi connectivity index (χ1n) is 6.96. The van der Waals surface area contributed by atoms with Gasteiger partial charge in [-0.15, -0.1) is 0 Å². The molecule has 0 saturated heterocycles. The highest BCUT2D eigenvalue weighted by atomic mass is 16.5. The van der Waals surface area contributed by atoms with Gasteiger partial charge in [0, 0.05) is 23.4 Å². The number of hydrazone groups is 1. The summed E-state index contributed by atoms with van der Waals surface area (Å²) in [6.07, 6.45) is 1.43. The Bertz CT molecular complexity index is 793. The number of rotatable bonds is 7. The second-order valence-electron chi connectivity index (χ2n) is 4.70. The van der Waals surface area contributed by atoms with Crippen LogP contribution in [-0.2, 0) is 11.2 Å². The van der Waals surface area contributed by atoms with E-state index in [4.69, 9.17) is 14.2 Å². The number of H-pyrrole nitrogens is 2. The van der Waals surface area contributed by atoms with Crippen molar-refractivity contribution in [3.63, 3.8) is 0 Å². The molecule has 1 amide bonds. The molecule has 9 nitrogen and oxygen atoms in total. The Labute approximate surface area is 137 Å². The van der Waals surface area contributed by atoms with Crippen molar-refractivity contribution >= 4 is 12.1 Å². The zero-order valence-corrected chi connectivity index (χ0v) is 13.5. The quantitative estimate of drug-likeness (QED) is 0.501. The third kappa shape index (κ3) is 4.15. The Morgan fingerprint density at radius 2 is 1.75 bits per heavy atom. The normalized spacial score (nSPS) is 10.6. The Hall–Kier alpha value is -3.23. The average molecular weight is 334 g/mol. The van der Waals surface area contributed by atoms with Crippen LogP contribution in [0.1, 0.15) is 11.3 Å². The summed E-state index contributed by atoms with van der Waals surface area (Å²) in [6, 6.07) is 4.64.